The summed E-state index contributed by atoms with van der Waals surface area (Å²) in [6, 6.07) is 3.04. The van der Waals surface area contributed by atoms with Crippen LogP contribution in [0, 0.1) is 0 Å². The van der Waals surface area contributed by atoms with Crippen LogP contribution in [0.4, 0.5) is 0 Å². The van der Waals surface area contributed by atoms with Gasteiger partial charge in [0.2, 0.25) is 0 Å². The zero-order valence-electron chi connectivity index (χ0n) is 7.30. The maximum atomic E-state index is 9.23. The highest BCUT2D eigenvalue weighted by Crippen LogP contribution is 2.30. The maximum Gasteiger partial charge on any atom is 0.135 e. The molecule has 0 aliphatic carbocycles. The van der Waals surface area contributed by atoms with Crippen LogP contribution in [0.15, 0.2) is 18.2 Å². The lowest BCUT2D eigenvalue weighted by atomic mass is 10.2. The molecule has 1 aromatic carbocycles. The first-order valence-corrected chi connectivity index (χ1v) is 5.34. The third-order valence-corrected chi connectivity index (χ3v) is 2.49. The third kappa shape index (κ3) is 3.09. The van der Waals surface area contributed by atoms with Gasteiger partial charge in [-0.2, -0.15) is 0 Å². The lowest BCUT2D eigenvalue weighted by Gasteiger charge is -2.01. The Morgan fingerprint density at radius 2 is 1.93 bits per heavy atom. The van der Waals surface area contributed by atoms with Gasteiger partial charge >= 0.3 is 0 Å². The van der Waals surface area contributed by atoms with E-state index >= 15 is 0 Å². The lowest BCUT2D eigenvalue weighted by Crippen LogP contribution is -1.77. The second-order valence-electron chi connectivity index (χ2n) is 2.71. The van der Waals surface area contributed by atoms with Crippen LogP contribution in [0.2, 0.25) is 10.0 Å². The number of phenols is 1. The zero-order chi connectivity index (χ0) is 10.6. The number of hydrogen-bond donors (Lipinski definition) is 1. The minimum absolute atomic E-state index is 0.00819. The molecule has 0 aliphatic heterocycles. The molecule has 0 fully saturated rings. The maximum absolute atomic E-state index is 9.23. The monoisotopic (exact) mass is 250 g/mol. The summed E-state index contributed by atoms with van der Waals surface area (Å²) in [5.74, 6) is 0.561. The Morgan fingerprint density at radius 1 is 1.21 bits per heavy atom. The first kappa shape index (κ1) is 11.7. The Balaban J connectivity index is 2.92. The molecule has 0 aliphatic rings. The number of hydrogen-bond acceptors (Lipinski definition) is 1. The van der Waals surface area contributed by atoms with Gasteiger partial charge in [-0.15, -0.1) is 11.6 Å². The van der Waals surface area contributed by atoms with E-state index < -0.39 is 0 Å². The number of benzene rings is 1. The number of aromatic hydroxyl groups is 1. The number of allylic oxidation sites excluding steroid dienone is 1. The predicted octanol–water partition coefficient (Wildman–Crippen LogP) is 4.34. The molecule has 14 heavy (non-hydrogen) atoms. The van der Waals surface area contributed by atoms with Crippen LogP contribution in [-0.2, 0) is 0 Å². The van der Waals surface area contributed by atoms with E-state index in [1.807, 2.05) is 12.2 Å². The van der Waals surface area contributed by atoms with Crippen LogP contribution in [0.3, 0.4) is 0 Å². The van der Waals surface area contributed by atoms with E-state index in [2.05, 4.69) is 0 Å². The standard InChI is InChI=1S/C10H9Cl3O/c11-4-2-1-3-7-5-9(13)10(14)6-8(7)12/h1,3,5-6,14H,2,4H2. The quantitative estimate of drug-likeness (QED) is 0.792. The largest absolute Gasteiger partial charge is 0.506 e. The topological polar surface area (TPSA) is 20.2 Å². The second kappa shape index (κ2) is 5.50. The highest BCUT2D eigenvalue weighted by Gasteiger charge is 2.03. The van der Waals surface area contributed by atoms with Crippen molar-refractivity contribution in [2.75, 3.05) is 5.88 Å². The van der Waals surface area contributed by atoms with Crippen LogP contribution in [-0.4, -0.2) is 11.0 Å². The molecule has 0 radical (unpaired) electrons. The lowest BCUT2D eigenvalue weighted by molar-refractivity contribution is 0.475. The molecule has 0 aromatic heterocycles. The fourth-order valence-corrected chi connectivity index (χ4v) is 1.47. The molecule has 0 unspecified atom stereocenters. The van der Waals surface area contributed by atoms with Crippen molar-refractivity contribution in [2.45, 2.75) is 6.42 Å². The number of rotatable bonds is 3. The average molecular weight is 252 g/mol. The van der Waals surface area contributed by atoms with E-state index in [0.717, 1.165) is 12.0 Å². The van der Waals surface area contributed by atoms with Crippen molar-refractivity contribution in [1.82, 2.24) is 0 Å². The Morgan fingerprint density at radius 3 is 2.57 bits per heavy atom. The van der Waals surface area contributed by atoms with E-state index in [-0.39, 0.29) is 5.75 Å². The van der Waals surface area contributed by atoms with Crippen molar-refractivity contribution >= 4 is 40.9 Å². The fraction of sp³-hybridized carbons (Fsp3) is 0.200. The molecular weight excluding hydrogens is 242 g/mol. The summed E-state index contributed by atoms with van der Waals surface area (Å²) in [6.07, 6.45) is 4.51. The van der Waals surface area contributed by atoms with E-state index in [1.165, 1.54) is 6.07 Å². The van der Waals surface area contributed by atoms with Crippen molar-refractivity contribution in [3.63, 3.8) is 0 Å². The number of halogens is 3. The second-order valence-corrected chi connectivity index (χ2v) is 3.90. The van der Waals surface area contributed by atoms with E-state index in [4.69, 9.17) is 34.8 Å². The van der Waals surface area contributed by atoms with E-state index in [0.29, 0.717) is 15.9 Å². The molecule has 0 heterocycles. The molecule has 76 valence electrons. The predicted molar refractivity (Wildman–Crippen MR) is 62.5 cm³/mol. The number of alkyl halides is 1. The van der Waals surface area contributed by atoms with Crippen molar-refractivity contribution in [3.05, 3.63) is 33.8 Å². The molecule has 1 aromatic rings. The Kier molecular flexibility index (Phi) is 4.59. The van der Waals surface area contributed by atoms with Crippen molar-refractivity contribution in [1.29, 1.82) is 0 Å². The molecule has 0 atom stereocenters. The summed E-state index contributed by atoms with van der Waals surface area (Å²) in [6.45, 7) is 0. The molecule has 1 N–H and O–H groups in total. The molecular formula is C10H9Cl3O. The van der Waals surface area contributed by atoms with Gasteiger partial charge in [0.1, 0.15) is 5.75 Å². The zero-order valence-corrected chi connectivity index (χ0v) is 9.57. The van der Waals surface area contributed by atoms with E-state index in [1.54, 1.807) is 6.07 Å². The van der Waals surface area contributed by atoms with Crippen LogP contribution in [0.5, 0.6) is 5.75 Å². The van der Waals surface area contributed by atoms with Crippen LogP contribution >= 0.6 is 34.8 Å². The van der Waals surface area contributed by atoms with Gasteiger partial charge in [-0.3, -0.25) is 0 Å². The SMILES string of the molecule is Oc1cc(Cl)c(C=CCCCl)cc1Cl. The fourth-order valence-electron chi connectivity index (χ4n) is 0.953. The van der Waals surface area contributed by atoms with Crippen molar-refractivity contribution in [3.8, 4) is 5.75 Å². The average Bonchev–Trinajstić information content (AvgIpc) is 2.14. The molecule has 0 saturated heterocycles. The summed E-state index contributed by atoms with van der Waals surface area (Å²) in [7, 11) is 0. The Hall–Kier alpha value is -0.370. The van der Waals surface area contributed by atoms with Gasteiger partial charge in [-0.1, -0.05) is 35.4 Å². The van der Waals surface area contributed by atoms with Gasteiger partial charge in [-0.25, -0.2) is 0 Å². The molecule has 0 saturated carbocycles. The van der Waals surface area contributed by atoms with Crippen LogP contribution < -0.4 is 0 Å². The summed E-state index contributed by atoms with van der Waals surface area (Å²) >= 11 is 17.1. The van der Waals surface area contributed by atoms with Crippen LogP contribution in [0.1, 0.15) is 12.0 Å². The molecule has 0 spiro atoms. The Labute approximate surface area is 97.9 Å². The highest BCUT2D eigenvalue weighted by atomic mass is 35.5. The first-order chi connectivity index (χ1) is 6.65. The van der Waals surface area contributed by atoms with Crippen LogP contribution in [0.25, 0.3) is 6.08 Å². The normalized spacial score (nSPS) is 11.1. The summed E-state index contributed by atoms with van der Waals surface area (Å²) in [5, 5.41) is 10.00. The van der Waals surface area contributed by atoms with Gasteiger partial charge in [0, 0.05) is 11.9 Å². The van der Waals surface area contributed by atoms with Gasteiger partial charge in [0.25, 0.3) is 0 Å². The molecule has 1 nitrogen and oxygen atoms in total. The Bertz CT molecular complexity index is 347. The van der Waals surface area contributed by atoms with Crippen molar-refractivity contribution in [2.24, 2.45) is 0 Å². The molecule has 0 bridgehead atoms. The minimum atomic E-state index is -0.00819. The summed E-state index contributed by atoms with van der Waals surface area (Å²) < 4.78 is 0. The summed E-state index contributed by atoms with van der Waals surface area (Å²) in [5.41, 5.74) is 0.777. The first-order valence-electron chi connectivity index (χ1n) is 4.05. The number of phenolic OH excluding ortho intramolecular Hbond substituents is 1. The summed E-state index contributed by atoms with van der Waals surface area (Å²) in [4.78, 5) is 0. The third-order valence-electron chi connectivity index (χ3n) is 1.64. The van der Waals surface area contributed by atoms with E-state index in [9.17, 15) is 5.11 Å². The van der Waals surface area contributed by atoms with Gasteiger partial charge < -0.3 is 5.11 Å². The smallest absolute Gasteiger partial charge is 0.135 e. The minimum Gasteiger partial charge on any atom is -0.506 e. The molecule has 4 heteroatoms. The highest BCUT2D eigenvalue weighted by molar-refractivity contribution is 6.35. The molecule has 1 rings (SSSR count). The van der Waals surface area contributed by atoms with Gasteiger partial charge in [0.15, 0.2) is 0 Å². The van der Waals surface area contributed by atoms with Crippen molar-refractivity contribution < 1.29 is 5.11 Å². The molecule has 0 amide bonds. The van der Waals surface area contributed by atoms with Gasteiger partial charge in [0.05, 0.1) is 10.0 Å². The van der Waals surface area contributed by atoms with Gasteiger partial charge in [-0.05, 0) is 18.1 Å².